The highest BCUT2D eigenvalue weighted by molar-refractivity contribution is 7.08. The summed E-state index contributed by atoms with van der Waals surface area (Å²) in [5, 5.41) is 9.64. The van der Waals surface area contributed by atoms with E-state index in [-0.39, 0.29) is 21.9 Å². The SMILES string of the molecule is O=Cc1snc(Cl)c1Cl.OCc1snc(Cl)c1Cl. The maximum absolute atomic E-state index is 10.1. The third-order valence-electron chi connectivity index (χ3n) is 1.53. The van der Waals surface area contributed by atoms with Crippen LogP contribution in [0, 0.1) is 0 Å². The smallest absolute Gasteiger partial charge is 0.163 e. The number of hydrogen-bond donors (Lipinski definition) is 1. The molecule has 0 aliphatic heterocycles. The summed E-state index contributed by atoms with van der Waals surface area (Å²) in [4.78, 5) is 11.1. The second-order valence-electron chi connectivity index (χ2n) is 2.64. The van der Waals surface area contributed by atoms with Gasteiger partial charge in [-0.1, -0.05) is 46.4 Å². The van der Waals surface area contributed by atoms with E-state index in [9.17, 15) is 4.79 Å². The third-order valence-corrected chi connectivity index (χ3v) is 5.09. The van der Waals surface area contributed by atoms with Gasteiger partial charge in [0, 0.05) is 0 Å². The van der Waals surface area contributed by atoms with E-state index >= 15 is 0 Å². The van der Waals surface area contributed by atoms with Crippen molar-refractivity contribution in [2.24, 2.45) is 0 Å². The lowest BCUT2D eigenvalue weighted by Crippen LogP contribution is -1.74. The molecule has 0 unspecified atom stereocenters. The largest absolute Gasteiger partial charge is 0.391 e. The molecular formula is C8H4Cl4N2O2S2. The molecule has 2 rings (SSSR count). The fraction of sp³-hybridized carbons (Fsp3) is 0.125. The summed E-state index contributed by atoms with van der Waals surface area (Å²) in [5.74, 6) is 0. The van der Waals surface area contributed by atoms with Crippen LogP contribution in [0.15, 0.2) is 0 Å². The van der Waals surface area contributed by atoms with Gasteiger partial charge in [0.25, 0.3) is 0 Å². The number of carbonyl (C=O) groups is 1. The topological polar surface area (TPSA) is 63.1 Å². The van der Waals surface area contributed by atoms with E-state index in [1.807, 2.05) is 0 Å². The zero-order chi connectivity index (χ0) is 13.7. The van der Waals surface area contributed by atoms with Crippen molar-refractivity contribution in [1.82, 2.24) is 8.75 Å². The Morgan fingerprint density at radius 2 is 1.61 bits per heavy atom. The van der Waals surface area contributed by atoms with E-state index in [0.717, 1.165) is 23.1 Å². The Balaban J connectivity index is 0.000000180. The molecule has 0 aliphatic rings. The molecule has 4 nitrogen and oxygen atoms in total. The van der Waals surface area contributed by atoms with Crippen LogP contribution in [0.2, 0.25) is 20.4 Å². The molecule has 2 heterocycles. The molecule has 18 heavy (non-hydrogen) atoms. The average Bonchev–Trinajstić information content (AvgIpc) is 2.86. The Labute approximate surface area is 130 Å². The predicted octanol–water partition coefficient (Wildman–Crippen LogP) is 4.20. The van der Waals surface area contributed by atoms with Gasteiger partial charge < -0.3 is 5.11 Å². The molecular weight excluding hydrogens is 362 g/mol. The molecule has 1 N–H and O–H groups in total. The molecule has 0 aromatic carbocycles. The van der Waals surface area contributed by atoms with E-state index in [0.29, 0.717) is 21.1 Å². The molecule has 10 heteroatoms. The number of nitrogens with zero attached hydrogens (tertiary/aromatic N) is 2. The minimum Gasteiger partial charge on any atom is -0.391 e. The molecule has 0 saturated carbocycles. The minimum atomic E-state index is -0.0940. The summed E-state index contributed by atoms with van der Waals surface area (Å²) in [5.41, 5.74) is 0. The Morgan fingerprint density at radius 3 is 1.83 bits per heavy atom. The van der Waals surface area contributed by atoms with Gasteiger partial charge >= 0.3 is 0 Å². The molecule has 0 radical (unpaired) electrons. The molecule has 0 bridgehead atoms. The van der Waals surface area contributed by atoms with Crippen LogP contribution in [0.4, 0.5) is 0 Å². The fourth-order valence-electron chi connectivity index (χ4n) is 0.733. The van der Waals surface area contributed by atoms with Crippen LogP contribution in [-0.4, -0.2) is 20.1 Å². The lowest BCUT2D eigenvalue weighted by Gasteiger charge is -1.84. The van der Waals surface area contributed by atoms with Gasteiger partial charge in [-0.05, 0) is 23.1 Å². The van der Waals surface area contributed by atoms with Crippen molar-refractivity contribution in [3.63, 3.8) is 0 Å². The van der Waals surface area contributed by atoms with Crippen LogP contribution >= 0.6 is 69.5 Å². The highest BCUT2D eigenvalue weighted by atomic mass is 35.5. The van der Waals surface area contributed by atoms with Gasteiger partial charge in [-0.15, -0.1) is 0 Å². The number of aliphatic hydroxyl groups excluding tert-OH is 1. The predicted molar refractivity (Wildman–Crippen MR) is 75.6 cm³/mol. The Morgan fingerprint density at radius 1 is 1.06 bits per heavy atom. The van der Waals surface area contributed by atoms with Crippen LogP contribution in [-0.2, 0) is 6.61 Å². The maximum Gasteiger partial charge on any atom is 0.163 e. The van der Waals surface area contributed by atoms with Crippen molar-refractivity contribution in [2.75, 3.05) is 0 Å². The van der Waals surface area contributed by atoms with Gasteiger partial charge in [0.1, 0.15) is 9.90 Å². The first-order valence-corrected chi connectivity index (χ1v) is 7.23. The normalized spacial score (nSPS) is 9.83. The van der Waals surface area contributed by atoms with Crippen molar-refractivity contribution in [3.05, 3.63) is 30.1 Å². The zero-order valence-electron chi connectivity index (χ0n) is 8.36. The summed E-state index contributed by atoms with van der Waals surface area (Å²) < 4.78 is 7.33. The lowest BCUT2D eigenvalue weighted by atomic mass is 10.5. The zero-order valence-corrected chi connectivity index (χ0v) is 13.0. The van der Waals surface area contributed by atoms with Gasteiger partial charge in [-0.25, -0.2) is 0 Å². The monoisotopic (exact) mass is 364 g/mol. The second kappa shape index (κ2) is 7.59. The van der Waals surface area contributed by atoms with Crippen LogP contribution in [0.5, 0.6) is 0 Å². The van der Waals surface area contributed by atoms with Gasteiger partial charge in [0.05, 0.1) is 16.5 Å². The molecule has 0 fully saturated rings. The van der Waals surface area contributed by atoms with Crippen molar-refractivity contribution >= 4 is 75.8 Å². The van der Waals surface area contributed by atoms with Gasteiger partial charge in [0.2, 0.25) is 0 Å². The summed E-state index contributed by atoms with van der Waals surface area (Å²) in [6.45, 7) is -0.0940. The van der Waals surface area contributed by atoms with Gasteiger partial charge in [-0.3, -0.25) is 4.79 Å². The third kappa shape index (κ3) is 4.03. The van der Waals surface area contributed by atoms with Crippen LogP contribution in [0.1, 0.15) is 14.5 Å². The molecule has 0 atom stereocenters. The first kappa shape index (κ1) is 16.1. The fourth-order valence-corrected chi connectivity index (χ4v) is 2.77. The van der Waals surface area contributed by atoms with Crippen molar-refractivity contribution in [2.45, 2.75) is 6.61 Å². The summed E-state index contributed by atoms with van der Waals surface area (Å²) in [7, 11) is 0. The summed E-state index contributed by atoms with van der Waals surface area (Å²) in [6, 6.07) is 0. The van der Waals surface area contributed by atoms with E-state index in [4.69, 9.17) is 51.5 Å². The average molecular weight is 366 g/mol. The van der Waals surface area contributed by atoms with E-state index in [2.05, 4.69) is 8.75 Å². The van der Waals surface area contributed by atoms with Crippen LogP contribution in [0.3, 0.4) is 0 Å². The number of rotatable bonds is 2. The number of carbonyl (C=O) groups excluding carboxylic acids is 1. The van der Waals surface area contributed by atoms with Gasteiger partial charge in [0.15, 0.2) is 16.6 Å². The molecule has 0 spiro atoms. The quantitative estimate of drug-likeness (QED) is 0.810. The number of aromatic nitrogens is 2. The van der Waals surface area contributed by atoms with Crippen LogP contribution in [0.25, 0.3) is 0 Å². The van der Waals surface area contributed by atoms with E-state index in [1.54, 1.807) is 0 Å². The standard InChI is InChI=1S/C4H3Cl2NOS.C4HCl2NOS/c2*5-3-2(1-8)9-7-4(3)6/h8H,1H2;1H. The summed E-state index contributed by atoms with van der Waals surface area (Å²) in [6.07, 6.45) is 0.631. The van der Waals surface area contributed by atoms with Gasteiger partial charge in [-0.2, -0.15) is 8.75 Å². The first-order valence-electron chi connectivity index (χ1n) is 4.17. The molecule has 2 aromatic heterocycles. The molecule has 98 valence electrons. The lowest BCUT2D eigenvalue weighted by molar-refractivity contribution is 0.112. The van der Waals surface area contributed by atoms with E-state index < -0.39 is 0 Å². The second-order valence-corrected chi connectivity index (χ2v) is 5.77. The Kier molecular flexibility index (Phi) is 6.79. The Hall–Kier alpha value is 0.0500. The molecule has 0 aliphatic carbocycles. The van der Waals surface area contributed by atoms with Crippen LogP contribution < -0.4 is 0 Å². The highest BCUT2D eigenvalue weighted by Crippen LogP contribution is 2.28. The molecule has 0 amide bonds. The highest BCUT2D eigenvalue weighted by Gasteiger charge is 2.07. The number of halogens is 4. The minimum absolute atomic E-state index is 0.0940. The number of hydrogen-bond acceptors (Lipinski definition) is 6. The Bertz CT molecular complexity index is 543. The molecule has 2 aromatic rings. The first-order chi connectivity index (χ1) is 8.51. The summed E-state index contributed by atoms with van der Waals surface area (Å²) >= 11 is 24.0. The molecule has 0 saturated heterocycles. The van der Waals surface area contributed by atoms with Crippen molar-refractivity contribution in [1.29, 1.82) is 0 Å². The maximum atomic E-state index is 10.1. The van der Waals surface area contributed by atoms with Crippen molar-refractivity contribution in [3.8, 4) is 0 Å². The van der Waals surface area contributed by atoms with E-state index in [1.165, 1.54) is 0 Å². The number of aldehydes is 1. The van der Waals surface area contributed by atoms with Crippen molar-refractivity contribution < 1.29 is 9.90 Å². The number of aliphatic hydroxyl groups is 1.